The summed E-state index contributed by atoms with van der Waals surface area (Å²) in [5.41, 5.74) is 1.53. The van der Waals surface area contributed by atoms with Gasteiger partial charge in [0, 0.05) is 10.6 Å². The second-order valence-electron chi connectivity index (χ2n) is 5.81. The van der Waals surface area contributed by atoms with E-state index in [4.69, 9.17) is 21.5 Å². The van der Waals surface area contributed by atoms with Crippen molar-refractivity contribution >= 4 is 44.6 Å². The number of carbonyl (C=O) groups is 1. The number of sulfonamides is 1. The number of nitrogens with one attached hydrogen (secondary N) is 1. The lowest BCUT2D eigenvalue weighted by Crippen LogP contribution is -2.15. The van der Waals surface area contributed by atoms with E-state index in [1.807, 2.05) is 6.07 Å². The van der Waals surface area contributed by atoms with Crippen LogP contribution >= 0.6 is 22.9 Å². The minimum Gasteiger partial charge on any atom is -0.495 e. The first-order chi connectivity index (χ1) is 13.2. The molecule has 0 saturated carbocycles. The maximum absolute atomic E-state index is 12.8. The van der Waals surface area contributed by atoms with Crippen molar-refractivity contribution in [3.05, 3.63) is 58.1 Å². The Morgan fingerprint density at radius 2 is 2.00 bits per heavy atom. The highest BCUT2D eigenvalue weighted by atomic mass is 35.5. The van der Waals surface area contributed by atoms with Crippen LogP contribution in [0.4, 0.5) is 5.69 Å². The van der Waals surface area contributed by atoms with Gasteiger partial charge in [0.2, 0.25) is 10.0 Å². The smallest absolute Gasteiger partial charge is 0.267 e. The standard InChI is InChI=1S/C18H16ClN3O4S2/c1-10-16(27-18(21-10)11-4-3-5-12(19)8-11)17(23)22-14-9-13(28(20,24)25)6-7-15(14)26-2/h3-9H,1-2H3,(H,22,23)(H2,20,24,25). The van der Waals surface area contributed by atoms with Crippen LogP contribution in [0.15, 0.2) is 47.4 Å². The number of nitrogens with zero attached hydrogens (tertiary/aromatic N) is 1. The molecule has 28 heavy (non-hydrogen) atoms. The summed E-state index contributed by atoms with van der Waals surface area (Å²) in [6.07, 6.45) is 0. The summed E-state index contributed by atoms with van der Waals surface area (Å²) >= 11 is 7.23. The Morgan fingerprint density at radius 1 is 1.25 bits per heavy atom. The second kappa shape index (κ2) is 7.88. The van der Waals surface area contributed by atoms with Crippen molar-refractivity contribution in [1.29, 1.82) is 0 Å². The van der Waals surface area contributed by atoms with Gasteiger partial charge >= 0.3 is 0 Å². The van der Waals surface area contributed by atoms with Gasteiger partial charge in [-0.3, -0.25) is 4.79 Å². The molecule has 2 aromatic carbocycles. The number of hydrogen-bond acceptors (Lipinski definition) is 6. The summed E-state index contributed by atoms with van der Waals surface area (Å²) < 4.78 is 28.4. The molecule has 0 aliphatic rings. The molecule has 3 rings (SSSR count). The Bertz CT molecular complexity index is 1160. The summed E-state index contributed by atoms with van der Waals surface area (Å²) in [4.78, 5) is 17.5. The van der Waals surface area contributed by atoms with E-state index in [1.165, 1.54) is 36.6 Å². The molecule has 3 N–H and O–H groups in total. The van der Waals surface area contributed by atoms with Gasteiger partial charge in [0.05, 0.1) is 23.4 Å². The Hall–Kier alpha value is -2.46. The van der Waals surface area contributed by atoms with Crippen LogP contribution in [0.5, 0.6) is 5.75 Å². The highest BCUT2D eigenvalue weighted by molar-refractivity contribution is 7.89. The van der Waals surface area contributed by atoms with Crippen molar-refractivity contribution < 1.29 is 17.9 Å². The van der Waals surface area contributed by atoms with Gasteiger partial charge in [0.1, 0.15) is 15.6 Å². The largest absolute Gasteiger partial charge is 0.495 e. The van der Waals surface area contributed by atoms with Crippen LogP contribution in [0, 0.1) is 6.92 Å². The fraction of sp³-hybridized carbons (Fsp3) is 0.111. The summed E-state index contributed by atoms with van der Waals surface area (Å²) in [7, 11) is -2.51. The lowest BCUT2D eigenvalue weighted by Gasteiger charge is -2.11. The topological polar surface area (TPSA) is 111 Å². The quantitative estimate of drug-likeness (QED) is 0.632. The van der Waals surface area contributed by atoms with Crippen molar-refractivity contribution in [2.75, 3.05) is 12.4 Å². The number of methoxy groups -OCH3 is 1. The number of benzene rings is 2. The Labute approximate surface area is 171 Å². The molecular formula is C18H16ClN3O4S2. The molecule has 3 aromatic rings. The molecule has 0 spiro atoms. The van der Waals surface area contributed by atoms with Gasteiger partial charge in [0.15, 0.2) is 0 Å². The van der Waals surface area contributed by atoms with Crippen molar-refractivity contribution in [3.8, 4) is 16.3 Å². The Morgan fingerprint density at radius 3 is 2.64 bits per heavy atom. The molecule has 0 unspecified atom stereocenters. The number of amides is 1. The average Bonchev–Trinajstić information content (AvgIpc) is 3.03. The number of nitrogens with two attached hydrogens (primary N) is 1. The van der Waals surface area contributed by atoms with E-state index in [-0.39, 0.29) is 10.6 Å². The third-order valence-corrected chi connectivity index (χ3v) is 6.17. The lowest BCUT2D eigenvalue weighted by atomic mass is 10.2. The zero-order valence-electron chi connectivity index (χ0n) is 14.9. The number of primary sulfonamides is 1. The molecule has 1 heterocycles. The number of anilines is 1. The SMILES string of the molecule is COc1ccc(S(N)(=O)=O)cc1NC(=O)c1sc(-c2cccc(Cl)c2)nc1C. The minimum atomic E-state index is -3.92. The normalized spacial score (nSPS) is 11.3. The molecule has 0 atom stereocenters. The molecule has 1 amide bonds. The fourth-order valence-electron chi connectivity index (χ4n) is 2.49. The molecule has 146 valence electrons. The molecule has 10 heteroatoms. The third kappa shape index (κ3) is 4.33. The van der Waals surface area contributed by atoms with Gasteiger partial charge in [-0.15, -0.1) is 11.3 Å². The highest BCUT2D eigenvalue weighted by Crippen LogP contribution is 2.32. The first-order valence-corrected chi connectivity index (χ1v) is 10.7. The van der Waals surface area contributed by atoms with Crippen LogP contribution in [0.2, 0.25) is 5.02 Å². The predicted molar refractivity (Wildman–Crippen MR) is 110 cm³/mol. The van der Waals surface area contributed by atoms with E-state index in [0.717, 1.165) is 5.56 Å². The maximum Gasteiger partial charge on any atom is 0.267 e. The Kier molecular flexibility index (Phi) is 5.71. The van der Waals surface area contributed by atoms with Gasteiger partial charge in [-0.2, -0.15) is 0 Å². The number of hydrogen-bond donors (Lipinski definition) is 2. The number of thiazole rings is 1. The van der Waals surface area contributed by atoms with E-state index >= 15 is 0 Å². The van der Waals surface area contributed by atoms with Gasteiger partial charge in [-0.05, 0) is 37.3 Å². The zero-order chi connectivity index (χ0) is 20.5. The molecule has 1 aromatic heterocycles. The van der Waals surface area contributed by atoms with Crippen LogP contribution < -0.4 is 15.2 Å². The number of rotatable bonds is 5. The summed E-state index contributed by atoms with van der Waals surface area (Å²) in [5, 5.41) is 9.05. The highest BCUT2D eigenvalue weighted by Gasteiger charge is 2.19. The molecule has 0 saturated heterocycles. The van der Waals surface area contributed by atoms with Crippen LogP contribution in [0.3, 0.4) is 0 Å². The van der Waals surface area contributed by atoms with Gasteiger partial charge in [-0.25, -0.2) is 18.5 Å². The lowest BCUT2D eigenvalue weighted by molar-refractivity contribution is 0.102. The number of aromatic nitrogens is 1. The number of carbonyl (C=O) groups excluding carboxylic acids is 1. The van der Waals surface area contributed by atoms with Gasteiger partial charge < -0.3 is 10.1 Å². The molecule has 0 fully saturated rings. The number of halogens is 1. The van der Waals surface area contributed by atoms with Crippen molar-refractivity contribution in [1.82, 2.24) is 4.98 Å². The van der Waals surface area contributed by atoms with E-state index in [1.54, 1.807) is 25.1 Å². The fourth-order valence-corrected chi connectivity index (χ4v) is 4.18. The van der Waals surface area contributed by atoms with E-state index in [0.29, 0.717) is 26.4 Å². The maximum atomic E-state index is 12.8. The molecule has 0 bridgehead atoms. The minimum absolute atomic E-state index is 0.135. The molecule has 0 radical (unpaired) electrons. The van der Waals surface area contributed by atoms with Gasteiger partial charge in [-0.1, -0.05) is 23.7 Å². The average molecular weight is 438 g/mol. The van der Waals surface area contributed by atoms with E-state index in [9.17, 15) is 13.2 Å². The van der Waals surface area contributed by atoms with Gasteiger partial charge in [0.25, 0.3) is 5.91 Å². The summed E-state index contributed by atoms with van der Waals surface area (Å²) in [5.74, 6) is -0.133. The number of ether oxygens (including phenoxy) is 1. The first-order valence-electron chi connectivity index (χ1n) is 7.94. The van der Waals surface area contributed by atoms with Crippen LogP contribution in [-0.4, -0.2) is 26.4 Å². The zero-order valence-corrected chi connectivity index (χ0v) is 17.3. The van der Waals surface area contributed by atoms with Crippen LogP contribution in [0.25, 0.3) is 10.6 Å². The summed E-state index contributed by atoms with van der Waals surface area (Å²) in [6.45, 7) is 1.72. The predicted octanol–water partition coefficient (Wildman–Crippen LogP) is 3.68. The van der Waals surface area contributed by atoms with Crippen molar-refractivity contribution in [2.45, 2.75) is 11.8 Å². The third-order valence-electron chi connectivity index (χ3n) is 3.82. The summed E-state index contributed by atoms with van der Waals surface area (Å²) in [6, 6.07) is 11.2. The van der Waals surface area contributed by atoms with E-state index < -0.39 is 15.9 Å². The first kappa shape index (κ1) is 20.3. The van der Waals surface area contributed by atoms with Crippen molar-refractivity contribution in [3.63, 3.8) is 0 Å². The molecule has 0 aliphatic heterocycles. The van der Waals surface area contributed by atoms with Crippen molar-refractivity contribution in [2.24, 2.45) is 5.14 Å². The van der Waals surface area contributed by atoms with E-state index in [2.05, 4.69) is 10.3 Å². The molecule has 0 aliphatic carbocycles. The molecular weight excluding hydrogens is 422 g/mol. The second-order valence-corrected chi connectivity index (χ2v) is 8.80. The van der Waals surface area contributed by atoms with Crippen LogP contribution in [0.1, 0.15) is 15.4 Å². The number of aryl methyl sites for hydroxylation is 1. The molecule has 7 nitrogen and oxygen atoms in total. The van der Waals surface area contributed by atoms with Crippen LogP contribution in [-0.2, 0) is 10.0 Å². The monoisotopic (exact) mass is 437 g/mol. The Balaban J connectivity index is 1.94.